The van der Waals surface area contributed by atoms with Crippen LogP contribution in [0.4, 0.5) is 6.01 Å². The van der Waals surface area contributed by atoms with Crippen molar-refractivity contribution in [2.75, 3.05) is 5.32 Å². The molecule has 1 heterocycles. The van der Waals surface area contributed by atoms with E-state index in [-0.39, 0.29) is 17.8 Å². The van der Waals surface area contributed by atoms with Gasteiger partial charge in [0.2, 0.25) is 0 Å². The molecule has 4 rings (SSSR count). The van der Waals surface area contributed by atoms with Crippen molar-refractivity contribution in [2.24, 2.45) is 0 Å². The number of amides is 1. The van der Waals surface area contributed by atoms with Crippen LogP contribution in [-0.4, -0.2) is 16.1 Å². The van der Waals surface area contributed by atoms with Crippen LogP contribution >= 0.6 is 23.2 Å². The molecular formula is C19H11Cl2N3O2. The van der Waals surface area contributed by atoms with Crippen LogP contribution in [-0.2, 0) is 0 Å². The highest BCUT2D eigenvalue weighted by atomic mass is 35.5. The topological polar surface area (TPSA) is 68.0 Å². The van der Waals surface area contributed by atoms with Gasteiger partial charge in [0, 0.05) is 10.6 Å². The average Bonchev–Trinajstić information content (AvgIpc) is 3.11. The Morgan fingerprint density at radius 2 is 1.77 bits per heavy atom. The molecule has 3 aromatic carbocycles. The van der Waals surface area contributed by atoms with Gasteiger partial charge < -0.3 is 4.42 Å². The summed E-state index contributed by atoms with van der Waals surface area (Å²) in [7, 11) is 0. The minimum absolute atomic E-state index is 0.0195. The Bertz CT molecular complexity index is 1120. The first-order chi connectivity index (χ1) is 12.6. The molecule has 7 heteroatoms. The standard InChI is InChI=1S/C19H11Cl2N3O2/c20-12-8-9-16(21)15(10-12)18-23-24-19(26-18)22-17(25)14-7-3-5-11-4-1-2-6-13(11)14/h1-10H,(H,22,24,25). The summed E-state index contributed by atoms with van der Waals surface area (Å²) in [6.45, 7) is 0. The zero-order valence-corrected chi connectivity index (χ0v) is 14.8. The molecule has 1 aromatic heterocycles. The Kier molecular flexibility index (Phi) is 4.32. The number of nitrogens with one attached hydrogen (secondary N) is 1. The number of benzene rings is 3. The second kappa shape index (κ2) is 6.78. The van der Waals surface area contributed by atoms with Gasteiger partial charge in [-0.3, -0.25) is 10.1 Å². The van der Waals surface area contributed by atoms with Gasteiger partial charge in [-0.05, 0) is 35.0 Å². The Morgan fingerprint density at radius 3 is 2.65 bits per heavy atom. The van der Waals surface area contributed by atoms with Gasteiger partial charge in [-0.1, -0.05) is 64.7 Å². The fourth-order valence-electron chi connectivity index (χ4n) is 2.63. The maximum absolute atomic E-state index is 12.6. The number of carbonyl (C=O) groups is 1. The molecule has 0 bridgehead atoms. The van der Waals surface area contributed by atoms with Crippen molar-refractivity contribution >= 4 is 45.9 Å². The van der Waals surface area contributed by atoms with Crippen molar-refractivity contribution in [3.05, 3.63) is 76.3 Å². The molecule has 4 aromatic rings. The number of halogens is 2. The summed E-state index contributed by atoms with van der Waals surface area (Å²) in [6, 6.07) is 18.0. The molecule has 0 radical (unpaired) electrons. The SMILES string of the molecule is O=C(Nc1nnc(-c2cc(Cl)ccc2Cl)o1)c1cccc2ccccc12. The van der Waals surface area contributed by atoms with Gasteiger partial charge >= 0.3 is 6.01 Å². The van der Waals surface area contributed by atoms with Crippen LogP contribution < -0.4 is 5.32 Å². The zero-order chi connectivity index (χ0) is 18.1. The summed E-state index contributed by atoms with van der Waals surface area (Å²) in [5, 5.41) is 13.1. The maximum Gasteiger partial charge on any atom is 0.322 e. The normalized spacial score (nSPS) is 10.8. The number of aromatic nitrogens is 2. The largest absolute Gasteiger partial charge is 0.403 e. The van der Waals surface area contributed by atoms with Crippen molar-refractivity contribution < 1.29 is 9.21 Å². The molecule has 5 nitrogen and oxygen atoms in total. The van der Waals surface area contributed by atoms with E-state index in [9.17, 15) is 4.79 Å². The van der Waals surface area contributed by atoms with E-state index in [0.29, 0.717) is 21.2 Å². The molecule has 0 aliphatic rings. The molecule has 0 fully saturated rings. The highest BCUT2D eigenvalue weighted by molar-refractivity contribution is 6.35. The third kappa shape index (κ3) is 3.14. The lowest BCUT2D eigenvalue weighted by Gasteiger charge is -2.05. The van der Waals surface area contributed by atoms with Crippen LogP contribution in [0.1, 0.15) is 10.4 Å². The smallest absolute Gasteiger partial charge is 0.322 e. The van der Waals surface area contributed by atoms with Crippen LogP contribution in [0, 0.1) is 0 Å². The lowest BCUT2D eigenvalue weighted by Crippen LogP contribution is -2.12. The quantitative estimate of drug-likeness (QED) is 0.510. The molecule has 0 unspecified atom stereocenters. The lowest BCUT2D eigenvalue weighted by molar-refractivity contribution is 0.102. The second-order valence-corrected chi connectivity index (χ2v) is 6.36. The Morgan fingerprint density at radius 1 is 0.962 bits per heavy atom. The van der Waals surface area contributed by atoms with E-state index in [1.165, 1.54) is 0 Å². The van der Waals surface area contributed by atoms with Crippen molar-refractivity contribution in [2.45, 2.75) is 0 Å². The highest BCUT2D eigenvalue weighted by Gasteiger charge is 2.16. The molecule has 1 N–H and O–H groups in total. The third-order valence-electron chi connectivity index (χ3n) is 3.84. The number of fused-ring (bicyclic) bond motifs is 1. The van der Waals surface area contributed by atoms with Gasteiger partial charge in [-0.25, -0.2) is 0 Å². The Labute approximate surface area is 158 Å². The van der Waals surface area contributed by atoms with Crippen LogP contribution in [0.5, 0.6) is 0 Å². The predicted molar refractivity (Wildman–Crippen MR) is 102 cm³/mol. The summed E-state index contributed by atoms with van der Waals surface area (Å²) in [5.41, 5.74) is 1.01. The van der Waals surface area contributed by atoms with E-state index >= 15 is 0 Å². The molecule has 0 saturated heterocycles. The minimum Gasteiger partial charge on any atom is -0.403 e. The lowest BCUT2D eigenvalue weighted by atomic mass is 10.0. The van der Waals surface area contributed by atoms with Gasteiger partial charge in [0.25, 0.3) is 11.8 Å². The molecule has 0 aliphatic carbocycles. The van der Waals surface area contributed by atoms with Gasteiger partial charge in [-0.2, -0.15) is 0 Å². The molecule has 0 atom stereocenters. The van der Waals surface area contributed by atoms with Gasteiger partial charge in [0.15, 0.2) is 0 Å². The van der Waals surface area contributed by atoms with Gasteiger partial charge in [-0.15, -0.1) is 5.10 Å². The number of hydrogen-bond acceptors (Lipinski definition) is 4. The van der Waals surface area contributed by atoms with E-state index in [4.69, 9.17) is 27.6 Å². The number of anilines is 1. The van der Waals surface area contributed by atoms with E-state index in [2.05, 4.69) is 15.5 Å². The first kappa shape index (κ1) is 16.6. The predicted octanol–water partition coefficient (Wildman–Crippen LogP) is 5.45. The first-order valence-electron chi connectivity index (χ1n) is 7.70. The summed E-state index contributed by atoms with van der Waals surface area (Å²) in [5.74, 6) is -0.167. The van der Waals surface area contributed by atoms with E-state index in [1.807, 2.05) is 36.4 Å². The average molecular weight is 384 g/mol. The zero-order valence-electron chi connectivity index (χ0n) is 13.2. The van der Waals surface area contributed by atoms with Gasteiger partial charge in [0.05, 0.1) is 10.6 Å². The molecular weight excluding hydrogens is 373 g/mol. The Hall–Kier alpha value is -2.89. The summed E-state index contributed by atoms with van der Waals surface area (Å²) < 4.78 is 5.51. The van der Waals surface area contributed by atoms with Crippen molar-refractivity contribution in [1.82, 2.24) is 10.2 Å². The number of rotatable bonds is 3. The number of carbonyl (C=O) groups excluding carboxylic acids is 1. The highest BCUT2D eigenvalue weighted by Crippen LogP contribution is 2.30. The molecule has 1 amide bonds. The molecule has 0 spiro atoms. The van der Waals surface area contributed by atoms with Crippen LogP contribution in [0.2, 0.25) is 10.0 Å². The van der Waals surface area contributed by atoms with E-state index < -0.39 is 0 Å². The molecule has 128 valence electrons. The van der Waals surface area contributed by atoms with Crippen LogP contribution in [0.25, 0.3) is 22.2 Å². The van der Waals surface area contributed by atoms with Crippen molar-refractivity contribution in [3.63, 3.8) is 0 Å². The summed E-state index contributed by atoms with van der Waals surface area (Å²) >= 11 is 12.1. The van der Waals surface area contributed by atoms with Crippen molar-refractivity contribution in [3.8, 4) is 11.5 Å². The van der Waals surface area contributed by atoms with E-state index in [1.54, 1.807) is 24.3 Å². The molecule has 0 aliphatic heterocycles. The molecule has 26 heavy (non-hydrogen) atoms. The molecule has 0 saturated carbocycles. The van der Waals surface area contributed by atoms with Crippen LogP contribution in [0.15, 0.2) is 65.1 Å². The summed E-state index contributed by atoms with van der Waals surface area (Å²) in [6.07, 6.45) is 0. The maximum atomic E-state index is 12.6. The number of hydrogen-bond donors (Lipinski definition) is 1. The monoisotopic (exact) mass is 383 g/mol. The Balaban J connectivity index is 1.63. The van der Waals surface area contributed by atoms with Gasteiger partial charge in [0.1, 0.15) is 0 Å². The first-order valence-corrected chi connectivity index (χ1v) is 8.45. The minimum atomic E-state index is -0.339. The third-order valence-corrected chi connectivity index (χ3v) is 4.40. The van der Waals surface area contributed by atoms with Crippen molar-refractivity contribution in [1.29, 1.82) is 0 Å². The van der Waals surface area contributed by atoms with Crippen LogP contribution in [0.3, 0.4) is 0 Å². The number of nitrogens with zero attached hydrogens (tertiary/aromatic N) is 2. The fourth-order valence-corrected chi connectivity index (χ4v) is 3.00. The van der Waals surface area contributed by atoms with E-state index in [0.717, 1.165) is 10.8 Å². The summed E-state index contributed by atoms with van der Waals surface area (Å²) in [4.78, 5) is 12.6. The second-order valence-electron chi connectivity index (χ2n) is 5.52. The fraction of sp³-hybridized carbons (Fsp3) is 0.